The number of fused-ring (bicyclic) bond motifs is 1. The summed E-state index contributed by atoms with van der Waals surface area (Å²) in [6.45, 7) is 9.33. The predicted molar refractivity (Wildman–Crippen MR) is 94.5 cm³/mol. The molecule has 0 saturated heterocycles. The molecule has 0 heterocycles. The van der Waals surface area contributed by atoms with Crippen molar-refractivity contribution in [1.29, 1.82) is 0 Å². The molecule has 2 aromatic rings. The number of halogens is 1. The van der Waals surface area contributed by atoms with Crippen LogP contribution in [0, 0.1) is 11.8 Å². The van der Waals surface area contributed by atoms with E-state index in [4.69, 9.17) is 11.6 Å². The second kappa shape index (κ2) is 5.18. The Morgan fingerprint density at radius 2 is 1.32 bits per heavy atom. The van der Waals surface area contributed by atoms with Crippen molar-refractivity contribution in [3.63, 3.8) is 0 Å². The predicted octanol–water partition coefficient (Wildman–Crippen LogP) is 5.70. The van der Waals surface area contributed by atoms with Crippen molar-refractivity contribution in [2.75, 3.05) is 0 Å². The molecule has 22 heavy (non-hydrogen) atoms. The molecule has 2 aromatic carbocycles. The molecule has 1 aliphatic carbocycles. The first-order chi connectivity index (χ1) is 10.3. The molecule has 0 fully saturated rings. The monoisotopic (exact) mass is 308 g/mol. The zero-order valence-corrected chi connectivity index (χ0v) is 14.4. The Morgan fingerprint density at radius 1 is 0.773 bits per heavy atom. The highest BCUT2D eigenvalue weighted by Crippen LogP contribution is 2.49. The maximum Gasteiger partial charge on any atom is 0.0406 e. The standard InChI is InChI=1S/C21H21Cl/c1-20(2)14-21(3,4)19-13-16(9-12-18(19)20)6-5-15-7-10-17(22)11-8-15/h7-13H,14H2,1-4H3. The molecule has 0 nitrogen and oxygen atoms in total. The maximum atomic E-state index is 5.90. The smallest absolute Gasteiger partial charge is 0.0406 e. The summed E-state index contributed by atoms with van der Waals surface area (Å²) in [5.41, 5.74) is 5.46. The van der Waals surface area contributed by atoms with Gasteiger partial charge in [-0.3, -0.25) is 0 Å². The summed E-state index contributed by atoms with van der Waals surface area (Å²) < 4.78 is 0. The zero-order chi connectivity index (χ0) is 16.0. The third-order valence-corrected chi connectivity index (χ3v) is 4.81. The summed E-state index contributed by atoms with van der Waals surface area (Å²) in [5.74, 6) is 6.50. The third-order valence-electron chi connectivity index (χ3n) is 4.56. The molecular weight excluding hydrogens is 288 g/mol. The number of rotatable bonds is 0. The van der Waals surface area contributed by atoms with E-state index in [0.717, 1.165) is 16.1 Å². The average molecular weight is 309 g/mol. The van der Waals surface area contributed by atoms with Crippen LogP contribution in [0.1, 0.15) is 56.4 Å². The van der Waals surface area contributed by atoms with Crippen molar-refractivity contribution in [3.05, 3.63) is 69.7 Å². The quantitative estimate of drug-likeness (QED) is 0.548. The van der Waals surface area contributed by atoms with E-state index >= 15 is 0 Å². The van der Waals surface area contributed by atoms with Crippen molar-refractivity contribution in [1.82, 2.24) is 0 Å². The second-order valence-corrected chi connectivity index (χ2v) is 7.90. The first-order valence-corrected chi connectivity index (χ1v) is 8.08. The number of hydrogen-bond acceptors (Lipinski definition) is 0. The van der Waals surface area contributed by atoms with E-state index in [1.54, 1.807) is 0 Å². The van der Waals surface area contributed by atoms with Crippen LogP contribution < -0.4 is 0 Å². The topological polar surface area (TPSA) is 0 Å². The molecule has 0 spiro atoms. The van der Waals surface area contributed by atoms with E-state index in [-0.39, 0.29) is 10.8 Å². The van der Waals surface area contributed by atoms with Gasteiger partial charge in [-0.05, 0) is 64.8 Å². The second-order valence-electron chi connectivity index (χ2n) is 7.46. The highest BCUT2D eigenvalue weighted by atomic mass is 35.5. The fourth-order valence-electron chi connectivity index (χ4n) is 3.74. The van der Waals surface area contributed by atoms with Crippen LogP contribution in [-0.2, 0) is 10.8 Å². The van der Waals surface area contributed by atoms with Crippen LogP contribution in [0.15, 0.2) is 42.5 Å². The first kappa shape index (κ1) is 15.2. The fourth-order valence-corrected chi connectivity index (χ4v) is 3.87. The average Bonchev–Trinajstić information content (AvgIpc) is 2.63. The van der Waals surface area contributed by atoms with Gasteiger partial charge in [-0.25, -0.2) is 0 Å². The molecule has 0 saturated carbocycles. The minimum absolute atomic E-state index is 0.219. The van der Waals surface area contributed by atoms with Gasteiger partial charge in [0, 0.05) is 16.1 Å². The molecule has 0 bridgehead atoms. The zero-order valence-electron chi connectivity index (χ0n) is 13.6. The highest BCUT2D eigenvalue weighted by Gasteiger charge is 2.41. The van der Waals surface area contributed by atoms with Crippen LogP contribution in [0.5, 0.6) is 0 Å². The van der Waals surface area contributed by atoms with Gasteiger partial charge < -0.3 is 0 Å². The van der Waals surface area contributed by atoms with Crippen molar-refractivity contribution >= 4 is 11.6 Å². The molecule has 0 radical (unpaired) electrons. The summed E-state index contributed by atoms with van der Waals surface area (Å²) in [6.07, 6.45) is 1.18. The Balaban J connectivity index is 1.97. The molecule has 0 unspecified atom stereocenters. The van der Waals surface area contributed by atoms with E-state index in [9.17, 15) is 0 Å². The molecule has 1 heteroatoms. The Hall–Kier alpha value is -1.71. The van der Waals surface area contributed by atoms with Crippen LogP contribution in [0.4, 0.5) is 0 Å². The summed E-state index contributed by atoms with van der Waals surface area (Å²) in [7, 11) is 0. The van der Waals surface area contributed by atoms with Crippen molar-refractivity contribution < 1.29 is 0 Å². The summed E-state index contributed by atoms with van der Waals surface area (Å²) in [4.78, 5) is 0. The van der Waals surface area contributed by atoms with Gasteiger partial charge in [0.1, 0.15) is 0 Å². The van der Waals surface area contributed by atoms with Crippen LogP contribution >= 0.6 is 11.6 Å². The first-order valence-electron chi connectivity index (χ1n) is 7.71. The van der Waals surface area contributed by atoms with E-state index in [2.05, 4.69) is 57.7 Å². The highest BCUT2D eigenvalue weighted by molar-refractivity contribution is 6.30. The van der Waals surface area contributed by atoms with Crippen LogP contribution in [-0.4, -0.2) is 0 Å². The molecule has 112 valence electrons. The largest absolute Gasteiger partial charge is 0.0843 e. The third kappa shape index (κ3) is 2.79. The van der Waals surface area contributed by atoms with Crippen LogP contribution in [0.2, 0.25) is 5.02 Å². The lowest BCUT2D eigenvalue weighted by atomic mass is 9.82. The van der Waals surface area contributed by atoms with Crippen LogP contribution in [0.3, 0.4) is 0 Å². The van der Waals surface area contributed by atoms with Crippen molar-refractivity contribution in [3.8, 4) is 11.8 Å². The van der Waals surface area contributed by atoms with E-state index in [1.165, 1.54) is 17.5 Å². The van der Waals surface area contributed by atoms with Gasteiger partial charge in [0.2, 0.25) is 0 Å². The Bertz CT molecular complexity index is 768. The van der Waals surface area contributed by atoms with E-state index < -0.39 is 0 Å². The van der Waals surface area contributed by atoms with Gasteiger partial charge in [0.05, 0.1) is 0 Å². The molecule has 0 amide bonds. The molecular formula is C21H21Cl. The molecule has 1 aliphatic rings. The van der Waals surface area contributed by atoms with E-state index in [1.807, 2.05) is 24.3 Å². The van der Waals surface area contributed by atoms with Gasteiger partial charge in [-0.2, -0.15) is 0 Å². The lowest BCUT2D eigenvalue weighted by molar-refractivity contribution is 0.403. The maximum absolute atomic E-state index is 5.90. The van der Waals surface area contributed by atoms with E-state index in [0.29, 0.717) is 0 Å². The van der Waals surface area contributed by atoms with Gasteiger partial charge >= 0.3 is 0 Å². The normalized spacial score (nSPS) is 17.5. The van der Waals surface area contributed by atoms with Crippen molar-refractivity contribution in [2.45, 2.75) is 44.9 Å². The fraction of sp³-hybridized carbons (Fsp3) is 0.333. The minimum Gasteiger partial charge on any atom is -0.0843 e. The van der Waals surface area contributed by atoms with Crippen LogP contribution in [0.25, 0.3) is 0 Å². The summed E-state index contributed by atoms with van der Waals surface area (Å²) >= 11 is 5.90. The number of benzene rings is 2. The molecule has 0 aliphatic heterocycles. The Labute approximate surface area is 138 Å². The summed E-state index contributed by atoms with van der Waals surface area (Å²) in [5, 5.41) is 0.743. The lowest BCUT2D eigenvalue weighted by Gasteiger charge is -2.22. The minimum atomic E-state index is 0.219. The lowest BCUT2D eigenvalue weighted by Crippen LogP contribution is -2.17. The summed E-state index contributed by atoms with van der Waals surface area (Å²) in [6, 6.07) is 14.3. The van der Waals surface area contributed by atoms with Gasteiger partial charge in [-0.1, -0.05) is 57.2 Å². The molecule has 0 aromatic heterocycles. The van der Waals surface area contributed by atoms with Gasteiger partial charge in [0.25, 0.3) is 0 Å². The number of hydrogen-bond donors (Lipinski definition) is 0. The Kier molecular flexibility index (Phi) is 3.58. The molecule has 0 N–H and O–H groups in total. The van der Waals surface area contributed by atoms with Gasteiger partial charge in [-0.15, -0.1) is 0 Å². The Morgan fingerprint density at radius 3 is 2.00 bits per heavy atom. The van der Waals surface area contributed by atoms with Gasteiger partial charge in [0.15, 0.2) is 0 Å². The molecule has 0 atom stereocenters. The molecule has 3 rings (SSSR count). The SMILES string of the molecule is CC1(C)CC(C)(C)c2cc(C#Cc3ccc(Cl)cc3)ccc21. The van der Waals surface area contributed by atoms with Crippen molar-refractivity contribution in [2.24, 2.45) is 0 Å².